The summed E-state index contributed by atoms with van der Waals surface area (Å²) in [5.41, 5.74) is 1.06. The Hall–Kier alpha value is -1.07. The van der Waals surface area contributed by atoms with Crippen molar-refractivity contribution in [3.63, 3.8) is 0 Å². The highest BCUT2D eigenvalue weighted by Gasteiger charge is 2.02. The van der Waals surface area contributed by atoms with Gasteiger partial charge < -0.3 is 19.4 Å². The van der Waals surface area contributed by atoms with Crippen molar-refractivity contribution in [2.75, 3.05) is 38.8 Å². The highest BCUT2D eigenvalue weighted by atomic mass is 16.5. The van der Waals surface area contributed by atoms with Crippen molar-refractivity contribution in [1.29, 1.82) is 0 Å². The number of aryl methyl sites for hydroxylation is 2. The Morgan fingerprint density at radius 3 is 2.83 bits per heavy atom. The van der Waals surface area contributed by atoms with E-state index in [2.05, 4.69) is 28.0 Å². The van der Waals surface area contributed by atoms with Crippen LogP contribution in [0.15, 0.2) is 6.20 Å². The fourth-order valence-corrected chi connectivity index (χ4v) is 1.70. The molecule has 5 nitrogen and oxygen atoms in total. The molecular weight excluding hydrogens is 230 g/mol. The Balaban J connectivity index is 2.06. The number of imidazole rings is 1. The summed E-state index contributed by atoms with van der Waals surface area (Å²) in [6.45, 7) is 8.17. The number of nitrogens with one attached hydrogen (secondary N) is 1. The minimum absolute atomic E-state index is 0.672. The molecule has 0 aliphatic rings. The van der Waals surface area contributed by atoms with E-state index in [0.717, 1.165) is 44.2 Å². The van der Waals surface area contributed by atoms with Crippen LogP contribution in [0.3, 0.4) is 0 Å². The van der Waals surface area contributed by atoms with Crippen LogP contribution in [0.25, 0.3) is 0 Å². The second kappa shape index (κ2) is 8.94. The van der Waals surface area contributed by atoms with Crippen LogP contribution >= 0.6 is 0 Å². The van der Waals surface area contributed by atoms with Crippen LogP contribution in [-0.4, -0.2) is 43.0 Å². The lowest BCUT2D eigenvalue weighted by molar-refractivity contribution is 0.0691. The van der Waals surface area contributed by atoms with Gasteiger partial charge in [0.05, 0.1) is 18.9 Å². The number of rotatable bonds is 10. The van der Waals surface area contributed by atoms with Crippen LogP contribution in [0.2, 0.25) is 0 Å². The molecule has 0 saturated heterocycles. The molecule has 0 spiro atoms. The first-order valence-electron chi connectivity index (χ1n) is 6.62. The largest absolute Gasteiger partial charge is 0.382 e. The van der Waals surface area contributed by atoms with Crippen molar-refractivity contribution < 1.29 is 9.47 Å². The second-order valence-corrected chi connectivity index (χ2v) is 4.23. The molecule has 1 N–H and O–H groups in total. The van der Waals surface area contributed by atoms with E-state index < -0.39 is 0 Å². The monoisotopic (exact) mass is 255 g/mol. The fraction of sp³-hybridized carbons (Fsp3) is 0.769. The van der Waals surface area contributed by atoms with Gasteiger partial charge in [-0.25, -0.2) is 4.98 Å². The van der Waals surface area contributed by atoms with Crippen LogP contribution in [0, 0.1) is 6.92 Å². The van der Waals surface area contributed by atoms with Crippen molar-refractivity contribution in [2.24, 2.45) is 0 Å². The molecule has 0 aliphatic heterocycles. The molecule has 1 aromatic heterocycles. The van der Waals surface area contributed by atoms with Crippen molar-refractivity contribution in [3.05, 3.63) is 11.9 Å². The maximum Gasteiger partial charge on any atom is 0.203 e. The van der Waals surface area contributed by atoms with Gasteiger partial charge in [0, 0.05) is 33.0 Å². The van der Waals surface area contributed by atoms with E-state index in [1.807, 2.05) is 6.92 Å². The van der Waals surface area contributed by atoms with Crippen molar-refractivity contribution in [3.8, 4) is 0 Å². The molecule has 18 heavy (non-hydrogen) atoms. The number of hydrogen-bond acceptors (Lipinski definition) is 4. The van der Waals surface area contributed by atoms with Crippen molar-refractivity contribution in [2.45, 2.75) is 33.2 Å². The summed E-state index contributed by atoms with van der Waals surface area (Å²) in [5, 5.41) is 3.36. The fourth-order valence-electron chi connectivity index (χ4n) is 1.70. The summed E-state index contributed by atoms with van der Waals surface area (Å²) in [5.74, 6) is 0.968. The van der Waals surface area contributed by atoms with E-state index in [1.54, 1.807) is 7.11 Å². The third-order valence-electron chi connectivity index (χ3n) is 2.67. The summed E-state index contributed by atoms with van der Waals surface area (Å²) in [7, 11) is 1.69. The lowest BCUT2D eigenvalue weighted by atomic mass is 10.3. The minimum Gasteiger partial charge on any atom is -0.382 e. The number of nitrogens with zero attached hydrogens (tertiary/aromatic N) is 2. The van der Waals surface area contributed by atoms with Gasteiger partial charge in [-0.15, -0.1) is 0 Å². The zero-order chi connectivity index (χ0) is 13.2. The average molecular weight is 255 g/mol. The van der Waals surface area contributed by atoms with Crippen LogP contribution in [0.5, 0.6) is 0 Å². The van der Waals surface area contributed by atoms with E-state index in [0.29, 0.717) is 13.2 Å². The lowest BCUT2D eigenvalue weighted by Gasteiger charge is -2.07. The van der Waals surface area contributed by atoms with Crippen LogP contribution in [-0.2, 0) is 16.0 Å². The summed E-state index contributed by atoms with van der Waals surface area (Å²) in [4.78, 5) is 4.44. The van der Waals surface area contributed by atoms with Crippen LogP contribution < -0.4 is 5.32 Å². The predicted octanol–water partition coefficient (Wildman–Crippen LogP) is 2.07. The van der Waals surface area contributed by atoms with E-state index in [1.165, 1.54) is 0 Å². The first-order valence-corrected chi connectivity index (χ1v) is 6.62. The zero-order valence-corrected chi connectivity index (χ0v) is 11.7. The Labute approximate surface area is 109 Å². The molecule has 0 bridgehead atoms. The third kappa shape index (κ3) is 5.51. The van der Waals surface area contributed by atoms with Gasteiger partial charge in [0.2, 0.25) is 5.95 Å². The number of anilines is 1. The van der Waals surface area contributed by atoms with Crippen molar-refractivity contribution in [1.82, 2.24) is 9.55 Å². The van der Waals surface area contributed by atoms with E-state index in [-0.39, 0.29) is 0 Å². The SMILES string of the molecule is CCn1cc(C)nc1NCCCCOCCOC. The Morgan fingerprint density at radius 2 is 2.11 bits per heavy atom. The Bertz CT molecular complexity index is 326. The summed E-state index contributed by atoms with van der Waals surface area (Å²) < 4.78 is 12.4. The molecule has 1 heterocycles. The van der Waals surface area contributed by atoms with Crippen LogP contribution in [0.4, 0.5) is 5.95 Å². The van der Waals surface area contributed by atoms with Crippen LogP contribution in [0.1, 0.15) is 25.5 Å². The van der Waals surface area contributed by atoms with E-state index in [4.69, 9.17) is 9.47 Å². The Kier molecular flexibility index (Phi) is 7.44. The highest BCUT2D eigenvalue weighted by molar-refractivity contribution is 5.28. The minimum atomic E-state index is 0.672. The van der Waals surface area contributed by atoms with Gasteiger partial charge in [-0.2, -0.15) is 0 Å². The number of methoxy groups -OCH3 is 1. The number of unbranched alkanes of at least 4 members (excludes halogenated alkanes) is 1. The average Bonchev–Trinajstić information content (AvgIpc) is 2.73. The molecule has 0 fully saturated rings. The molecule has 0 radical (unpaired) electrons. The smallest absolute Gasteiger partial charge is 0.203 e. The zero-order valence-electron chi connectivity index (χ0n) is 11.7. The lowest BCUT2D eigenvalue weighted by Crippen LogP contribution is -2.09. The Morgan fingerprint density at radius 1 is 1.28 bits per heavy atom. The molecule has 1 rings (SSSR count). The molecule has 0 aromatic carbocycles. The molecular formula is C13H25N3O2. The topological polar surface area (TPSA) is 48.3 Å². The van der Waals surface area contributed by atoms with Gasteiger partial charge in [0.25, 0.3) is 0 Å². The molecule has 0 unspecified atom stereocenters. The standard InChI is InChI=1S/C13H25N3O2/c1-4-16-11-12(2)15-13(16)14-7-5-6-8-18-10-9-17-3/h11H,4-10H2,1-3H3,(H,14,15). The third-order valence-corrected chi connectivity index (χ3v) is 2.67. The summed E-state index contributed by atoms with van der Waals surface area (Å²) in [6.07, 6.45) is 4.21. The van der Waals surface area contributed by atoms with Gasteiger partial charge in [0.1, 0.15) is 0 Å². The summed E-state index contributed by atoms with van der Waals surface area (Å²) >= 11 is 0. The van der Waals surface area contributed by atoms with E-state index >= 15 is 0 Å². The quantitative estimate of drug-likeness (QED) is 0.650. The molecule has 0 amide bonds. The molecule has 0 aliphatic carbocycles. The molecule has 5 heteroatoms. The van der Waals surface area contributed by atoms with Gasteiger partial charge in [-0.1, -0.05) is 0 Å². The number of hydrogen-bond donors (Lipinski definition) is 1. The second-order valence-electron chi connectivity index (χ2n) is 4.23. The number of ether oxygens (including phenoxy) is 2. The highest BCUT2D eigenvalue weighted by Crippen LogP contribution is 2.08. The van der Waals surface area contributed by atoms with Gasteiger partial charge in [-0.05, 0) is 26.7 Å². The number of aromatic nitrogens is 2. The maximum atomic E-state index is 5.40. The first kappa shape index (κ1) is 15.0. The summed E-state index contributed by atoms with van der Waals surface area (Å²) in [6, 6.07) is 0. The molecule has 0 atom stereocenters. The van der Waals surface area contributed by atoms with Crippen molar-refractivity contribution >= 4 is 5.95 Å². The normalized spacial score (nSPS) is 10.8. The van der Waals surface area contributed by atoms with E-state index in [9.17, 15) is 0 Å². The van der Waals surface area contributed by atoms with Gasteiger partial charge in [0.15, 0.2) is 0 Å². The van der Waals surface area contributed by atoms with Gasteiger partial charge in [-0.3, -0.25) is 0 Å². The predicted molar refractivity (Wildman–Crippen MR) is 73.1 cm³/mol. The van der Waals surface area contributed by atoms with Gasteiger partial charge >= 0.3 is 0 Å². The molecule has 0 saturated carbocycles. The first-order chi connectivity index (χ1) is 8.77. The maximum absolute atomic E-state index is 5.40. The molecule has 1 aromatic rings. The molecule has 104 valence electrons.